The molecule has 130 valence electrons. The molecule has 0 saturated heterocycles. The molecule has 2 aromatic heterocycles. The Bertz CT molecular complexity index is 863. The monoisotopic (exact) mass is 336 g/mol. The second-order valence-electron chi connectivity index (χ2n) is 6.33. The average Bonchev–Trinajstić information content (AvgIpc) is 2.91. The van der Waals surface area contributed by atoms with E-state index in [0.29, 0.717) is 0 Å². The van der Waals surface area contributed by atoms with Crippen LogP contribution in [0.1, 0.15) is 37.2 Å². The number of hydrogen-bond acceptors (Lipinski definition) is 1. The first-order chi connectivity index (χ1) is 12.2. The Kier molecular flexibility index (Phi) is 5.64. The maximum atomic E-state index is 13.9. The summed E-state index contributed by atoms with van der Waals surface area (Å²) in [6.07, 6.45) is 9.86. The van der Waals surface area contributed by atoms with Crippen LogP contribution in [0, 0.1) is 5.82 Å². The van der Waals surface area contributed by atoms with Gasteiger partial charge in [-0.05, 0) is 55.7 Å². The summed E-state index contributed by atoms with van der Waals surface area (Å²) < 4.78 is 16.2. The summed E-state index contributed by atoms with van der Waals surface area (Å²) in [6, 6.07) is 11.2. The molecule has 0 spiro atoms. The van der Waals surface area contributed by atoms with Gasteiger partial charge in [-0.25, -0.2) is 4.39 Å². The van der Waals surface area contributed by atoms with Gasteiger partial charge in [-0.2, -0.15) is 0 Å². The summed E-state index contributed by atoms with van der Waals surface area (Å²) in [7, 11) is 0. The number of aryl methyl sites for hydroxylation is 2. The van der Waals surface area contributed by atoms with Crippen LogP contribution >= 0.6 is 0 Å². The molecular weight excluding hydrogens is 311 g/mol. The molecule has 0 atom stereocenters. The first-order valence-electron chi connectivity index (χ1n) is 9.05. The molecule has 25 heavy (non-hydrogen) atoms. The van der Waals surface area contributed by atoms with Gasteiger partial charge in [0.1, 0.15) is 5.82 Å². The smallest absolute Gasteiger partial charge is 0.123 e. The maximum absolute atomic E-state index is 13.9. The molecule has 0 bridgehead atoms. The van der Waals surface area contributed by atoms with Gasteiger partial charge in [0.05, 0.1) is 0 Å². The first kappa shape index (κ1) is 17.4. The fraction of sp³-hybridized carbons (Fsp3) is 0.318. The van der Waals surface area contributed by atoms with E-state index in [1.165, 1.54) is 11.3 Å². The quantitative estimate of drug-likeness (QED) is 0.522. The topological polar surface area (TPSA) is 17.8 Å². The minimum atomic E-state index is -0.167. The van der Waals surface area contributed by atoms with Crippen molar-refractivity contribution in [2.45, 2.75) is 46.1 Å². The third-order valence-corrected chi connectivity index (χ3v) is 4.61. The van der Waals surface area contributed by atoms with E-state index in [-0.39, 0.29) is 5.82 Å². The van der Waals surface area contributed by atoms with Crippen LogP contribution in [0.15, 0.2) is 54.7 Å². The Hall–Kier alpha value is -2.42. The summed E-state index contributed by atoms with van der Waals surface area (Å²) in [5, 5.41) is 1.04. The van der Waals surface area contributed by atoms with Crippen LogP contribution in [0.25, 0.3) is 10.9 Å². The van der Waals surface area contributed by atoms with Crippen molar-refractivity contribution in [2.75, 3.05) is 0 Å². The van der Waals surface area contributed by atoms with E-state index < -0.39 is 0 Å². The summed E-state index contributed by atoms with van der Waals surface area (Å²) in [5.41, 5.74) is 4.80. The number of hydrogen-bond donors (Lipinski definition) is 0. The zero-order chi connectivity index (χ0) is 17.6. The second kappa shape index (κ2) is 8.11. The van der Waals surface area contributed by atoms with Crippen LogP contribution in [0.2, 0.25) is 0 Å². The predicted octanol–water partition coefficient (Wildman–Crippen LogP) is 5.49. The molecule has 0 fully saturated rings. The van der Waals surface area contributed by atoms with Crippen molar-refractivity contribution >= 4 is 10.9 Å². The van der Waals surface area contributed by atoms with Crippen molar-refractivity contribution in [3.8, 4) is 0 Å². The van der Waals surface area contributed by atoms with E-state index in [4.69, 9.17) is 0 Å². The lowest BCUT2D eigenvalue weighted by atomic mass is 10.0. The number of fused-ring (bicyclic) bond motifs is 1. The molecule has 3 aromatic rings. The molecule has 0 radical (unpaired) electrons. The van der Waals surface area contributed by atoms with Gasteiger partial charge in [0.2, 0.25) is 0 Å². The molecular formula is C22H25FN2. The van der Waals surface area contributed by atoms with Gasteiger partial charge in [-0.1, -0.05) is 31.6 Å². The summed E-state index contributed by atoms with van der Waals surface area (Å²) >= 11 is 0. The molecule has 0 unspecified atom stereocenters. The normalized spacial score (nSPS) is 11.6. The van der Waals surface area contributed by atoms with Crippen LogP contribution < -0.4 is 0 Å². The number of aromatic nitrogens is 2. The molecule has 2 heterocycles. The van der Waals surface area contributed by atoms with Crippen LogP contribution in [0.5, 0.6) is 0 Å². The molecule has 0 saturated carbocycles. The molecule has 0 amide bonds. The van der Waals surface area contributed by atoms with E-state index in [1.54, 1.807) is 12.1 Å². The third-order valence-electron chi connectivity index (χ3n) is 4.61. The van der Waals surface area contributed by atoms with E-state index in [2.05, 4.69) is 34.7 Å². The van der Waals surface area contributed by atoms with E-state index >= 15 is 0 Å². The van der Waals surface area contributed by atoms with Gasteiger partial charge < -0.3 is 4.57 Å². The number of halogens is 1. The largest absolute Gasteiger partial charge is 0.344 e. The maximum Gasteiger partial charge on any atom is 0.123 e. The van der Waals surface area contributed by atoms with Crippen molar-refractivity contribution < 1.29 is 4.39 Å². The zero-order valence-electron chi connectivity index (χ0n) is 15.0. The van der Waals surface area contributed by atoms with Gasteiger partial charge in [0, 0.05) is 41.5 Å². The average molecular weight is 336 g/mol. The molecule has 0 N–H and O–H groups in total. The van der Waals surface area contributed by atoms with Crippen molar-refractivity contribution in [3.05, 3.63) is 77.5 Å². The lowest BCUT2D eigenvalue weighted by molar-refractivity contribution is 0.629. The summed E-state index contributed by atoms with van der Waals surface area (Å²) in [6.45, 7) is 5.09. The lowest BCUT2D eigenvalue weighted by Crippen LogP contribution is -2.07. The number of allylic oxidation sites excluding steroid dienone is 2. The van der Waals surface area contributed by atoms with E-state index in [0.717, 1.165) is 48.8 Å². The van der Waals surface area contributed by atoms with Gasteiger partial charge in [-0.15, -0.1) is 0 Å². The van der Waals surface area contributed by atoms with E-state index in [1.807, 2.05) is 31.3 Å². The van der Waals surface area contributed by atoms with E-state index in [9.17, 15) is 4.39 Å². The van der Waals surface area contributed by atoms with Gasteiger partial charge >= 0.3 is 0 Å². The van der Waals surface area contributed by atoms with Crippen molar-refractivity contribution in [3.63, 3.8) is 0 Å². The second-order valence-corrected chi connectivity index (χ2v) is 6.33. The molecule has 0 aliphatic rings. The summed E-state index contributed by atoms with van der Waals surface area (Å²) in [4.78, 5) is 4.44. The Morgan fingerprint density at radius 3 is 2.76 bits per heavy atom. The van der Waals surface area contributed by atoms with Crippen LogP contribution in [-0.4, -0.2) is 9.55 Å². The Morgan fingerprint density at radius 2 is 2.04 bits per heavy atom. The highest BCUT2D eigenvalue weighted by Gasteiger charge is 2.16. The highest BCUT2D eigenvalue weighted by molar-refractivity contribution is 5.86. The SMILES string of the molecule is C/C=C\Cc1c(CCC)n(CCc2ccccn2)c2ccc(F)cc12. The first-order valence-corrected chi connectivity index (χ1v) is 9.05. The van der Waals surface area contributed by atoms with Crippen LogP contribution in [0.4, 0.5) is 4.39 Å². The predicted molar refractivity (Wildman–Crippen MR) is 102 cm³/mol. The van der Waals surface area contributed by atoms with Gasteiger partial charge in [0.25, 0.3) is 0 Å². The zero-order valence-corrected chi connectivity index (χ0v) is 15.0. The minimum absolute atomic E-state index is 0.167. The van der Waals surface area contributed by atoms with Crippen molar-refractivity contribution in [2.24, 2.45) is 0 Å². The summed E-state index contributed by atoms with van der Waals surface area (Å²) in [5.74, 6) is -0.167. The number of nitrogens with zero attached hydrogens (tertiary/aromatic N) is 2. The lowest BCUT2D eigenvalue weighted by Gasteiger charge is -2.11. The molecule has 2 nitrogen and oxygen atoms in total. The molecule has 1 aromatic carbocycles. The van der Waals surface area contributed by atoms with Crippen molar-refractivity contribution in [1.29, 1.82) is 0 Å². The third kappa shape index (κ3) is 3.81. The van der Waals surface area contributed by atoms with Gasteiger partial charge in [-0.3, -0.25) is 4.98 Å². The Morgan fingerprint density at radius 1 is 1.16 bits per heavy atom. The number of benzene rings is 1. The molecule has 3 rings (SSSR count). The van der Waals surface area contributed by atoms with Gasteiger partial charge in [0.15, 0.2) is 0 Å². The molecule has 3 heteroatoms. The highest BCUT2D eigenvalue weighted by Crippen LogP contribution is 2.29. The Balaban J connectivity index is 2.06. The molecule has 0 aliphatic carbocycles. The highest BCUT2D eigenvalue weighted by atomic mass is 19.1. The minimum Gasteiger partial charge on any atom is -0.344 e. The standard InChI is InChI=1S/C22H25FN2/c1-3-5-10-19-20-16-17(23)11-12-22(20)25(21(19)8-4-2)15-13-18-9-6-7-14-24-18/h3,5-7,9,11-12,14,16H,4,8,10,13,15H2,1-2H3/b5-3-. The van der Waals surface area contributed by atoms with Crippen LogP contribution in [0.3, 0.4) is 0 Å². The fourth-order valence-corrected chi connectivity index (χ4v) is 3.46. The van der Waals surface area contributed by atoms with Crippen LogP contribution in [-0.2, 0) is 25.8 Å². The number of pyridine rings is 1. The fourth-order valence-electron chi connectivity index (χ4n) is 3.46. The number of rotatable bonds is 7. The van der Waals surface area contributed by atoms with Crippen molar-refractivity contribution in [1.82, 2.24) is 9.55 Å². The Labute approximate surface area is 149 Å². The molecule has 0 aliphatic heterocycles.